The third-order valence-electron chi connectivity index (χ3n) is 3.45. The first kappa shape index (κ1) is 17.1. The van der Waals surface area contributed by atoms with Crippen molar-refractivity contribution in [1.82, 2.24) is 5.32 Å². The molecule has 0 bridgehead atoms. The van der Waals surface area contributed by atoms with Crippen LogP contribution in [0.3, 0.4) is 0 Å². The summed E-state index contributed by atoms with van der Waals surface area (Å²) in [6, 6.07) is 2.79. The van der Waals surface area contributed by atoms with Gasteiger partial charge in [-0.1, -0.05) is 32.4 Å². The Balaban J connectivity index is 2.61. The summed E-state index contributed by atoms with van der Waals surface area (Å²) in [6.45, 7) is 3.56. The smallest absolute Gasteiger partial charge is 0.326 e. The topological polar surface area (TPSA) is 66.4 Å². The van der Waals surface area contributed by atoms with E-state index < -0.39 is 29.6 Å². The molecule has 0 radical (unpaired) electrons. The van der Waals surface area contributed by atoms with Gasteiger partial charge in [-0.05, 0) is 24.0 Å². The number of carbonyl (C=O) groups is 2. The number of rotatable bonds is 7. The van der Waals surface area contributed by atoms with Crippen LogP contribution in [0.1, 0.15) is 32.3 Å². The second-order valence-corrected chi connectivity index (χ2v) is 4.98. The zero-order valence-corrected chi connectivity index (χ0v) is 12.0. The molecule has 1 amide bonds. The van der Waals surface area contributed by atoms with Crippen molar-refractivity contribution in [2.45, 2.75) is 39.2 Å². The Morgan fingerprint density at radius 2 is 2.00 bits per heavy atom. The third-order valence-corrected chi connectivity index (χ3v) is 3.45. The fraction of sp³-hybridized carbons (Fsp3) is 0.467. The van der Waals surface area contributed by atoms with Crippen LogP contribution in [0.5, 0.6) is 0 Å². The molecule has 6 heteroatoms. The van der Waals surface area contributed by atoms with Gasteiger partial charge >= 0.3 is 5.97 Å². The summed E-state index contributed by atoms with van der Waals surface area (Å²) in [7, 11) is 0. The van der Waals surface area contributed by atoms with Gasteiger partial charge in [-0.25, -0.2) is 13.6 Å². The monoisotopic (exact) mass is 299 g/mol. The van der Waals surface area contributed by atoms with E-state index in [0.717, 1.165) is 6.07 Å². The maximum atomic E-state index is 13.4. The predicted molar refractivity (Wildman–Crippen MR) is 73.7 cm³/mol. The quantitative estimate of drug-likeness (QED) is 0.813. The van der Waals surface area contributed by atoms with E-state index in [1.807, 2.05) is 6.92 Å². The molecule has 4 nitrogen and oxygen atoms in total. The highest BCUT2D eigenvalue weighted by Crippen LogP contribution is 2.13. The number of carboxylic acid groups (broad SMARTS) is 1. The Kier molecular flexibility index (Phi) is 6.27. The summed E-state index contributed by atoms with van der Waals surface area (Å²) in [5, 5.41) is 11.5. The Bertz CT molecular complexity index is 520. The zero-order valence-electron chi connectivity index (χ0n) is 12.0. The lowest BCUT2D eigenvalue weighted by Crippen LogP contribution is -2.45. The average Bonchev–Trinajstić information content (AvgIpc) is 2.45. The number of carbonyl (C=O) groups excluding carboxylic acids is 1. The number of hydrogen-bond donors (Lipinski definition) is 2. The number of halogens is 2. The molecule has 0 spiro atoms. The third kappa shape index (κ3) is 4.81. The van der Waals surface area contributed by atoms with E-state index in [0.29, 0.717) is 6.42 Å². The van der Waals surface area contributed by atoms with Gasteiger partial charge in [0.15, 0.2) is 11.6 Å². The van der Waals surface area contributed by atoms with Gasteiger partial charge in [0.25, 0.3) is 0 Å². The normalized spacial score (nSPS) is 13.5. The molecule has 0 aliphatic rings. The lowest BCUT2D eigenvalue weighted by molar-refractivity contribution is -0.143. The van der Waals surface area contributed by atoms with E-state index in [1.165, 1.54) is 12.1 Å². The number of nitrogens with one attached hydrogen (secondary N) is 1. The summed E-state index contributed by atoms with van der Waals surface area (Å²) in [6.07, 6.45) is 0.526. The van der Waals surface area contributed by atoms with Crippen LogP contribution < -0.4 is 5.32 Å². The highest BCUT2D eigenvalue weighted by molar-refractivity contribution is 5.83. The Morgan fingerprint density at radius 1 is 1.33 bits per heavy atom. The van der Waals surface area contributed by atoms with Crippen molar-refractivity contribution in [3.8, 4) is 0 Å². The molecule has 0 heterocycles. The minimum Gasteiger partial charge on any atom is -0.480 e. The van der Waals surface area contributed by atoms with Crippen LogP contribution in [0, 0.1) is 17.6 Å². The first-order valence-corrected chi connectivity index (χ1v) is 6.81. The number of aryl methyl sites for hydroxylation is 1. The highest BCUT2D eigenvalue weighted by Gasteiger charge is 2.25. The minimum atomic E-state index is -1.10. The van der Waals surface area contributed by atoms with Crippen molar-refractivity contribution >= 4 is 11.9 Å². The van der Waals surface area contributed by atoms with Gasteiger partial charge in [0.2, 0.25) is 5.91 Å². The molecule has 0 aliphatic carbocycles. The van der Waals surface area contributed by atoms with Crippen LogP contribution in [0.2, 0.25) is 0 Å². The van der Waals surface area contributed by atoms with Gasteiger partial charge in [-0.2, -0.15) is 0 Å². The first-order chi connectivity index (χ1) is 9.86. The Hall–Kier alpha value is -1.98. The molecule has 0 aliphatic heterocycles. The summed E-state index contributed by atoms with van der Waals surface area (Å²) in [4.78, 5) is 22.8. The molecule has 0 saturated carbocycles. The van der Waals surface area contributed by atoms with Crippen LogP contribution >= 0.6 is 0 Å². The van der Waals surface area contributed by atoms with Crippen molar-refractivity contribution in [3.05, 3.63) is 35.4 Å². The first-order valence-electron chi connectivity index (χ1n) is 6.81. The second-order valence-electron chi connectivity index (χ2n) is 4.98. The molecular weight excluding hydrogens is 280 g/mol. The maximum absolute atomic E-state index is 13.4. The molecule has 1 aromatic carbocycles. The van der Waals surface area contributed by atoms with Crippen LogP contribution in [0.4, 0.5) is 8.78 Å². The fourth-order valence-corrected chi connectivity index (χ4v) is 1.92. The van der Waals surface area contributed by atoms with Crippen LogP contribution in [-0.4, -0.2) is 23.0 Å². The maximum Gasteiger partial charge on any atom is 0.326 e. The SMILES string of the molecule is CCC(C)C(NC(=O)CCc1cccc(F)c1F)C(=O)O. The standard InChI is InChI=1S/C15H19F2NO3/c1-3-9(2)14(15(20)21)18-12(19)8-7-10-5-4-6-11(16)13(10)17/h4-6,9,14H,3,7-8H2,1-2H3,(H,18,19)(H,20,21). The van der Waals surface area contributed by atoms with Crippen molar-refractivity contribution < 1.29 is 23.5 Å². The molecular formula is C15H19F2NO3. The summed E-state index contributed by atoms with van der Waals surface area (Å²) in [5.74, 6) is -3.74. The molecule has 2 N–H and O–H groups in total. The van der Waals surface area contributed by atoms with E-state index in [4.69, 9.17) is 5.11 Å². The molecule has 2 atom stereocenters. The van der Waals surface area contributed by atoms with E-state index in [1.54, 1.807) is 6.92 Å². The van der Waals surface area contributed by atoms with Gasteiger partial charge in [0.1, 0.15) is 6.04 Å². The zero-order chi connectivity index (χ0) is 16.0. The van der Waals surface area contributed by atoms with Crippen molar-refractivity contribution in [2.75, 3.05) is 0 Å². The Labute approximate surface area is 122 Å². The largest absolute Gasteiger partial charge is 0.480 e. The molecule has 116 valence electrons. The van der Waals surface area contributed by atoms with Crippen LogP contribution in [0.15, 0.2) is 18.2 Å². The van der Waals surface area contributed by atoms with Crippen molar-refractivity contribution in [3.63, 3.8) is 0 Å². The molecule has 0 fully saturated rings. The van der Waals surface area contributed by atoms with Crippen LogP contribution in [-0.2, 0) is 16.0 Å². The molecule has 1 rings (SSSR count). The number of benzene rings is 1. The molecule has 2 unspecified atom stereocenters. The second kappa shape index (κ2) is 7.71. The lowest BCUT2D eigenvalue weighted by atomic mass is 9.99. The molecule has 0 saturated heterocycles. The van der Waals surface area contributed by atoms with Gasteiger partial charge < -0.3 is 10.4 Å². The van der Waals surface area contributed by atoms with Crippen molar-refractivity contribution in [2.24, 2.45) is 5.92 Å². The number of amides is 1. The van der Waals surface area contributed by atoms with Crippen LogP contribution in [0.25, 0.3) is 0 Å². The van der Waals surface area contributed by atoms with E-state index >= 15 is 0 Å². The van der Waals surface area contributed by atoms with Gasteiger partial charge in [-0.15, -0.1) is 0 Å². The number of carboxylic acids is 1. The summed E-state index contributed by atoms with van der Waals surface area (Å²) >= 11 is 0. The van der Waals surface area contributed by atoms with Gasteiger partial charge in [-0.3, -0.25) is 4.79 Å². The van der Waals surface area contributed by atoms with E-state index in [9.17, 15) is 18.4 Å². The fourth-order valence-electron chi connectivity index (χ4n) is 1.92. The summed E-state index contributed by atoms with van der Waals surface area (Å²) in [5.41, 5.74) is 0.0977. The average molecular weight is 299 g/mol. The lowest BCUT2D eigenvalue weighted by Gasteiger charge is -2.20. The number of hydrogen-bond acceptors (Lipinski definition) is 2. The number of aliphatic carboxylic acids is 1. The predicted octanol–water partition coefficient (Wildman–Crippen LogP) is 2.51. The minimum absolute atomic E-state index is 0.0161. The van der Waals surface area contributed by atoms with E-state index in [2.05, 4.69) is 5.32 Å². The van der Waals surface area contributed by atoms with E-state index in [-0.39, 0.29) is 24.3 Å². The molecule has 1 aromatic rings. The molecule has 0 aromatic heterocycles. The Morgan fingerprint density at radius 3 is 2.57 bits per heavy atom. The van der Waals surface area contributed by atoms with Crippen molar-refractivity contribution in [1.29, 1.82) is 0 Å². The van der Waals surface area contributed by atoms with Gasteiger partial charge in [0, 0.05) is 6.42 Å². The molecule has 21 heavy (non-hydrogen) atoms. The summed E-state index contributed by atoms with van der Waals surface area (Å²) < 4.78 is 26.4. The van der Waals surface area contributed by atoms with Gasteiger partial charge in [0.05, 0.1) is 0 Å². The highest BCUT2D eigenvalue weighted by atomic mass is 19.2.